The fourth-order valence-electron chi connectivity index (χ4n) is 1.87. The van der Waals surface area contributed by atoms with Crippen molar-refractivity contribution in [2.75, 3.05) is 11.9 Å². The number of benzene rings is 1. The number of fused-ring (bicyclic) bond motifs is 1. The van der Waals surface area contributed by atoms with E-state index in [0.717, 1.165) is 23.3 Å². The highest BCUT2D eigenvalue weighted by atomic mass is 16.5. The minimum Gasteiger partial charge on any atom is -0.366 e. The van der Waals surface area contributed by atoms with Gasteiger partial charge in [0.15, 0.2) is 11.4 Å². The van der Waals surface area contributed by atoms with E-state index in [1.165, 1.54) is 11.1 Å². The van der Waals surface area contributed by atoms with Crippen molar-refractivity contribution in [3.63, 3.8) is 0 Å². The third kappa shape index (κ3) is 2.03. The summed E-state index contributed by atoms with van der Waals surface area (Å²) in [6.07, 6.45) is 0. The Bertz CT molecular complexity index is 500. The summed E-state index contributed by atoms with van der Waals surface area (Å²) >= 11 is 0. The first-order chi connectivity index (χ1) is 7.58. The average Bonchev–Trinajstić information content (AvgIpc) is 2.57. The van der Waals surface area contributed by atoms with Crippen LogP contribution in [0.25, 0.3) is 11.0 Å². The summed E-state index contributed by atoms with van der Waals surface area (Å²) in [6.45, 7) is 9.41. The molecule has 2 aromatic rings. The van der Waals surface area contributed by atoms with Crippen LogP contribution < -0.4 is 5.32 Å². The molecule has 3 heteroatoms. The van der Waals surface area contributed by atoms with Crippen LogP contribution in [0.3, 0.4) is 0 Å². The number of rotatable bonds is 3. The molecular weight excluding hydrogens is 200 g/mol. The molecule has 0 saturated heterocycles. The molecule has 1 heterocycles. The Kier molecular flexibility index (Phi) is 2.86. The summed E-state index contributed by atoms with van der Waals surface area (Å²) in [5.74, 6) is 1.46. The van der Waals surface area contributed by atoms with Crippen LogP contribution in [0, 0.1) is 19.8 Å². The molecule has 86 valence electrons. The highest BCUT2D eigenvalue weighted by molar-refractivity contribution is 5.91. The molecule has 2 rings (SSSR count). The van der Waals surface area contributed by atoms with Crippen LogP contribution in [0.5, 0.6) is 0 Å². The minimum atomic E-state index is 0.595. The van der Waals surface area contributed by atoms with Gasteiger partial charge in [0, 0.05) is 6.54 Å². The van der Waals surface area contributed by atoms with Crippen molar-refractivity contribution in [2.24, 2.45) is 5.92 Å². The molecule has 0 aliphatic heterocycles. The summed E-state index contributed by atoms with van der Waals surface area (Å²) in [7, 11) is 0. The summed E-state index contributed by atoms with van der Waals surface area (Å²) in [6, 6.07) is 4.18. The summed E-state index contributed by atoms with van der Waals surface area (Å²) in [5, 5.41) is 8.51. The molecule has 1 aromatic heterocycles. The lowest BCUT2D eigenvalue weighted by molar-refractivity contribution is 0.458. The van der Waals surface area contributed by atoms with Crippen molar-refractivity contribution in [1.82, 2.24) is 5.16 Å². The Morgan fingerprint density at radius 3 is 2.75 bits per heavy atom. The summed E-state index contributed by atoms with van der Waals surface area (Å²) in [5.41, 5.74) is 3.28. The van der Waals surface area contributed by atoms with E-state index in [0.29, 0.717) is 5.92 Å². The third-order valence-electron chi connectivity index (χ3n) is 2.59. The molecule has 0 atom stereocenters. The highest BCUT2D eigenvalue weighted by Crippen LogP contribution is 2.27. The van der Waals surface area contributed by atoms with Gasteiger partial charge in [0.1, 0.15) is 0 Å². The van der Waals surface area contributed by atoms with Gasteiger partial charge in [-0.1, -0.05) is 25.1 Å². The summed E-state index contributed by atoms with van der Waals surface area (Å²) in [4.78, 5) is 0. The van der Waals surface area contributed by atoms with Crippen LogP contribution in [0.2, 0.25) is 0 Å². The second kappa shape index (κ2) is 4.16. The third-order valence-corrected chi connectivity index (χ3v) is 2.59. The van der Waals surface area contributed by atoms with Crippen molar-refractivity contribution < 1.29 is 4.52 Å². The molecule has 3 nitrogen and oxygen atoms in total. The maximum atomic E-state index is 5.33. The average molecular weight is 218 g/mol. The Morgan fingerprint density at radius 1 is 1.31 bits per heavy atom. The normalized spacial score (nSPS) is 11.3. The molecule has 0 spiro atoms. The SMILES string of the molecule is Cc1cc(C)c2c(NCC(C)C)noc2c1. The molecule has 0 unspecified atom stereocenters. The molecule has 0 aliphatic carbocycles. The quantitative estimate of drug-likeness (QED) is 0.856. The zero-order valence-electron chi connectivity index (χ0n) is 10.3. The summed E-state index contributed by atoms with van der Waals surface area (Å²) < 4.78 is 5.33. The lowest BCUT2D eigenvalue weighted by Crippen LogP contribution is -2.08. The topological polar surface area (TPSA) is 38.1 Å². The van der Waals surface area contributed by atoms with Gasteiger partial charge in [0.25, 0.3) is 0 Å². The standard InChI is InChI=1S/C13H18N2O/c1-8(2)7-14-13-12-10(4)5-9(3)6-11(12)16-15-13/h5-6,8H,7H2,1-4H3,(H,14,15). The van der Waals surface area contributed by atoms with Crippen molar-refractivity contribution in [2.45, 2.75) is 27.7 Å². The monoisotopic (exact) mass is 218 g/mol. The predicted octanol–water partition coefficient (Wildman–Crippen LogP) is 3.51. The van der Waals surface area contributed by atoms with Gasteiger partial charge >= 0.3 is 0 Å². The molecule has 0 radical (unpaired) electrons. The van der Waals surface area contributed by atoms with Gasteiger partial charge < -0.3 is 9.84 Å². The molecular formula is C13H18N2O. The number of hydrogen-bond donors (Lipinski definition) is 1. The van der Waals surface area contributed by atoms with E-state index in [2.05, 4.69) is 44.2 Å². The van der Waals surface area contributed by atoms with Crippen LogP contribution in [0.1, 0.15) is 25.0 Å². The van der Waals surface area contributed by atoms with Gasteiger partial charge in [-0.15, -0.1) is 0 Å². The van der Waals surface area contributed by atoms with Crippen LogP contribution in [-0.4, -0.2) is 11.7 Å². The lowest BCUT2D eigenvalue weighted by atomic mass is 10.1. The van der Waals surface area contributed by atoms with E-state index in [1.54, 1.807) is 0 Å². The molecule has 0 saturated carbocycles. The molecule has 1 N–H and O–H groups in total. The first-order valence-electron chi connectivity index (χ1n) is 5.68. The number of nitrogens with one attached hydrogen (secondary N) is 1. The molecule has 0 bridgehead atoms. The minimum absolute atomic E-state index is 0.595. The zero-order chi connectivity index (χ0) is 11.7. The number of hydrogen-bond acceptors (Lipinski definition) is 3. The van der Waals surface area contributed by atoms with Crippen molar-refractivity contribution >= 4 is 16.8 Å². The Labute approximate surface area is 95.8 Å². The Morgan fingerprint density at radius 2 is 2.06 bits per heavy atom. The first kappa shape index (κ1) is 11.0. The predicted molar refractivity (Wildman–Crippen MR) is 66.8 cm³/mol. The molecule has 16 heavy (non-hydrogen) atoms. The zero-order valence-corrected chi connectivity index (χ0v) is 10.3. The lowest BCUT2D eigenvalue weighted by Gasteiger charge is -2.06. The molecule has 1 aromatic carbocycles. The number of aryl methyl sites for hydroxylation is 2. The van der Waals surface area contributed by atoms with Gasteiger partial charge in [-0.2, -0.15) is 0 Å². The van der Waals surface area contributed by atoms with Crippen molar-refractivity contribution in [3.8, 4) is 0 Å². The van der Waals surface area contributed by atoms with E-state index < -0.39 is 0 Å². The fraction of sp³-hybridized carbons (Fsp3) is 0.462. The van der Waals surface area contributed by atoms with E-state index in [4.69, 9.17) is 4.52 Å². The largest absolute Gasteiger partial charge is 0.366 e. The van der Waals surface area contributed by atoms with E-state index in [9.17, 15) is 0 Å². The van der Waals surface area contributed by atoms with Crippen molar-refractivity contribution in [1.29, 1.82) is 0 Å². The van der Waals surface area contributed by atoms with Crippen LogP contribution in [0.15, 0.2) is 16.7 Å². The molecule has 0 fully saturated rings. The highest BCUT2D eigenvalue weighted by Gasteiger charge is 2.11. The smallest absolute Gasteiger partial charge is 0.177 e. The second-order valence-electron chi connectivity index (χ2n) is 4.76. The maximum absolute atomic E-state index is 5.33. The number of aromatic nitrogens is 1. The first-order valence-corrected chi connectivity index (χ1v) is 5.68. The molecule has 0 aliphatic rings. The second-order valence-corrected chi connectivity index (χ2v) is 4.76. The maximum Gasteiger partial charge on any atom is 0.177 e. The van der Waals surface area contributed by atoms with Gasteiger partial charge in [-0.3, -0.25) is 0 Å². The Balaban J connectivity index is 2.40. The van der Waals surface area contributed by atoms with E-state index in [1.807, 2.05) is 6.07 Å². The van der Waals surface area contributed by atoms with Gasteiger partial charge in [-0.25, -0.2) is 0 Å². The molecule has 0 amide bonds. The van der Waals surface area contributed by atoms with E-state index >= 15 is 0 Å². The fourth-order valence-corrected chi connectivity index (χ4v) is 1.87. The van der Waals surface area contributed by atoms with Gasteiger partial charge in [-0.05, 0) is 37.0 Å². The number of nitrogens with zero attached hydrogens (tertiary/aromatic N) is 1. The van der Waals surface area contributed by atoms with Crippen molar-refractivity contribution in [3.05, 3.63) is 23.3 Å². The Hall–Kier alpha value is -1.51. The van der Waals surface area contributed by atoms with E-state index in [-0.39, 0.29) is 0 Å². The van der Waals surface area contributed by atoms with Crippen LogP contribution in [0.4, 0.5) is 5.82 Å². The van der Waals surface area contributed by atoms with Gasteiger partial charge in [0.2, 0.25) is 0 Å². The van der Waals surface area contributed by atoms with Gasteiger partial charge in [0.05, 0.1) is 5.39 Å². The number of anilines is 1. The van der Waals surface area contributed by atoms with Crippen LogP contribution in [-0.2, 0) is 0 Å². The van der Waals surface area contributed by atoms with Crippen LogP contribution >= 0.6 is 0 Å².